The molecule has 0 saturated carbocycles. The molecule has 1 unspecified atom stereocenters. The van der Waals surface area contributed by atoms with Crippen LogP contribution in [0.3, 0.4) is 0 Å². The Morgan fingerprint density at radius 1 is 0.647 bits per heavy atom. The van der Waals surface area contributed by atoms with Crippen molar-refractivity contribution in [3.05, 3.63) is 0 Å². The van der Waals surface area contributed by atoms with Gasteiger partial charge in [0, 0.05) is 38.8 Å². The molecule has 1 atom stereocenters. The Labute approximate surface area is 193 Å². The van der Waals surface area contributed by atoms with Crippen molar-refractivity contribution in [2.45, 2.75) is 30.8 Å². The molecule has 0 fully saturated rings. The van der Waals surface area contributed by atoms with Gasteiger partial charge in [0.25, 0.3) is 0 Å². The van der Waals surface area contributed by atoms with Crippen LogP contribution in [0.2, 0.25) is 0 Å². The number of carboxylic acids is 6. The molecule has 0 aromatic heterocycles. The van der Waals surface area contributed by atoms with Gasteiger partial charge in [0.05, 0.1) is 32.4 Å². The first-order valence-corrected chi connectivity index (χ1v) is 10.0. The van der Waals surface area contributed by atoms with E-state index in [9.17, 15) is 54.3 Å². The molecule has 194 valence electrons. The molecule has 0 rings (SSSR count). The van der Waals surface area contributed by atoms with E-state index in [0.717, 1.165) is 0 Å². The highest BCUT2D eigenvalue weighted by molar-refractivity contribution is 5.90. The maximum atomic E-state index is 12.1. The SMILES string of the molecule is O=C(O)CNCCNCCNCC(CC(=O)O)N(CC(=O)O)C(CC(=O)O)(CC(=O)O)C(=O)O. The number of hydrogen-bond acceptors (Lipinski definition) is 10. The highest BCUT2D eigenvalue weighted by Gasteiger charge is 2.51. The molecular weight excluding hydrogens is 464 g/mol. The van der Waals surface area contributed by atoms with Crippen molar-refractivity contribution in [3.63, 3.8) is 0 Å². The quantitative estimate of drug-likeness (QED) is 0.0713. The number of hydrogen-bond donors (Lipinski definition) is 9. The summed E-state index contributed by atoms with van der Waals surface area (Å²) in [7, 11) is 0. The van der Waals surface area contributed by atoms with Gasteiger partial charge in [0.15, 0.2) is 0 Å². The van der Waals surface area contributed by atoms with E-state index >= 15 is 0 Å². The molecule has 0 radical (unpaired) electrons. The van der Waals surface area contributed by atoms with E-state index in [2.05, 4.69) is 16.0 Å². The predicted molar refractivity (Wildman–Crippen MR) is 111 cm³/mol. The van der Waals surface area contributed by atoms with Gasteiger partial charge in [-0.25, -0.2) is 0 Å². The zero-order valence-corrected chi connectivity index (χ0v) is 18.2. The lowest BCUT2D eigenvalue weighted by Gasteiger charge is -2.42. The second kappa shape index (κ2) is 15.5. The summed E-state index contributed by atoms with van der Waals surface area (Å²) in [6.45, 7) is -0.333. The van der Waals surface area contributed by atoms with Gasteiger partial charge in [-0.2, -0.15) is 0 Å². The van der Waals surface area contributed by atoms with Gasteiger partial charge in [-0.15, -0.1) is 0 Å². The molecule has 0 aromatic carbocycles. The molecule has 0 bridgehead atoms. The summed E-state index contributed by atoms with van der Waals surface area (Å²) in [6.07, 6.45) is -3.34. The van der Waals surface area contributed by atoms with Crippen molar-refractivity contribution >= 4 is 35.8 Å². The first-order valence-electron chi connectivity index (χ1n) is 10.0. The normalized spacial score (nSPS) is 12.3. The van der Waals surface area contributed by atoms with E-state index in [0.29, 0.717) is 24.5 Å². The summed E-state index contributed by atoms with van der Waals surface area (Å²) >= 11 is 0. The van der Waals surface area contributed by atoms with Crippen LogP contribution in [0.5, 0.6) is 0 Å². The molecule has 16 heteroatoms. The second-order valence-corrected chi connectivity index (χ2v) is 7.28. The Kier molecular flexibility index (Phi) is 14.0. The number of aliphatic carboxylic acids is 6. The molecule has 0 heterocycles. The molecule has 0 aromatic rings. The van der Waals surface area contributed by atoms with Crippen LogP contribution in [0.4, 0.5) is 0 Å². The van der Waals surface area contributed by atoms with E-state index in [4.69, 9.17) is 5.11 Å². The molecule has 0 aliphatic heterocycles. The monoisotopic (exact) mass is 494 g/mol. The van der Waals surface area contributed by atoms with E-state index < -0.39 is 73.2 Å². The van der Waals surface area contributed by atoms with Crippen LogP contribution in [0.1, 0.15) is 19.3 Å². The Morgan fingerprint density at radius 3 is 1.56 bits per heavy atom. The van der Waals surface area contributed by atoms with Gasteiger partial charge in [0.1, 0.15) is 5.54 Å². The van der Waals surface area contributed by atoms with Crippen LogP contribution in [0.25, 0.3) is 0 Å². The van der Waals surface area contributed by atoms with Gasteiger partial charge in [-0.3, -0.25) is 33.7 Å². The Morgan fingerprint density at radius 2 is 1.15 bits per heavy atom. The van der Waals surface area contributed by atoms with Crippen molar-refractivity contribution < 1.29 is 59.4 Å². The maximum absolute atomic E-state index is 12.1. The number of carboxylic acid groups (broad SMARTS) is 6. The minimum absolute atomic E-state index is 0.202. The number of rotatable bonds is 21. The fourth-order valence-electron chi connectivity index (χ4n) is 3.25. The van der Waals surface area contributed by atoms with Crippen molar-refractivity contribution in [3.8, 4) is 0 Å². The van der Waals surface area contributed by atoms with E-state index in [-0.39, 0.29) is 19.6 Å². The van der Waals surface area contributed by atoms with Crippen molar-refractivity contribution in [1.82, 2.24) is 20.9 Å². The molecule has 0 aliphatic rings. The molecule has 0 spiro atoms. The largest absolute Gasteiger partial charge is 0.481 e. The highest BCUT2D eigenvalue weighted by atomic mass is 16.4. The Balaban J connectivity index is 5.51. The summed E-state index contributed by atoms with van der Waals surface area (Å²) < 4.78 is 0. The van der Waals surface area contributed by atoms with Crippen LogP contribution in [0, 0.1) is 0 Å². The standard InChI is InChI=1S/C18H30N4O12/c23-12(24)5-11(8-20-3-1-19-2-4-21-9-15(29)30)22(10-16(31)32)18(17(33)34,6-13(25)26)7-14(27)28/h11,19-21H,1-10H2,(H,23,24)(H,25,26)(H,27,28)(H,29,30)(H,31,32)(H,33,34). The fraction of sp³-hybridized carbons (Fsp3) is 0.667. The molecule has 16 nitrogen and oxygen atoms in total. The van der Waals surface area contributed by atoms with Crippen molar-refractivity contribution in [2.75, 3.05) is 45.8 Å². The topological polar surface area (TPSA) is 263 Å². The third-order valence-electron chi connectivity index (χ3n) is 4.61. The first kappa shape index (κ1) is 30.7. The zero-order valence-electron chi connectivity index (χ0n) is 18.2. The zero-order chi connectivity index (χ0) is 26.3. The second-order valence-electron chi connectivity index (χ2n) is 7.28. The van der Waals surface area contributed by atoms with Gasteiger partial charge < -0.3 is 46.6 Å². The first-order chi connectivity index (χ1) is 15.8. The third kappa shape index (κ3) is 12.0. The number of carbonyl (C=O) groups is 6. The lowest BCUT2D eigenvalue weighted by Crippen LogP contribution is -2.63. The molecular formula is C18H30N4O12. The van der Waals surface area contributed by atoms with E-state index in [1.165, 1.54) is 0 Å². The summed E-state index contributed by atoms with van der Waals surface area (Å²) in [6, 6.07) is -1.37. The van der Waals surface area contributed by atoms with Gasteiger partial charge >= 0.3 is 35.8 Å². The lowest BCUT2D eigenvalue weighted by molar-refractivity contribution is -0.169. The average molecular weight is 494 g/mol. The third-order valence-corrected chi connectivity index (χ3v) is 4.61. The van der Waals surface area contributed by atoms with E-state index in [1.807, 2.05) is 0 Å². The summed E-state index contributed by atoms with van der Waals surface area (Å²) in [5.41, 5.74) is -2.72. The van der Waals surface area contributed by atoms with Gasteiger partial charge in [-0.1, -0.05) is 0 Å². The maximum Gasteiger partial charge on any atom is 0.325 e. The minimum atomic E-state index is -2.72. The van der Waals surface area contributed by atoms with Crippen LogP contribution in [0.15, 0.2) is 0 Å². The average Bonchev–Trinajstić information content (AvgIpc) is 2.67. The van der Waals surface area contributed by atoms with Crippen LogP contribution in [-0.4, -0.2) is 129 Å². The van der Waals surface area contributed by atoms with Crippen LogP contribution < -0.4 is 16.0 Å². The molecule has 34 heavy (non-hydrogen) atoms. The van der Waals surface area contributed by atoms with Crippen LogP contribution >= 0.6 is 0 Å². The smallest absolute Gasteiger partial charge is 0.325 e. The molecule has 0 saturated heterocycles. The van der Waals surface area contributed by atoms with Gasteiger partial charge in [0.2, 0.25) is 0 Å². The van der Waals surface area contributed by atoms with Crippen molar-refractivity contribution in [1.29, 1.82) is 0 Å². The van der Waals surface area contributed by atoms with Crippen molar-refractivity contribution in [2.24, 2.45) is 0 Å². The number of nitrogens with zero attached hydrogens (tertiary/aromatic N) is 1. The summed E-state index contributed by atoms with van der Waals surface area (Å²) in [5, 5.41) is 63.6. The molecule has 0 aliphatic carbocycles. The highest BCUT2D eigenvalue weighted by Crippen LogP contribution is 2.29. The summed E-state index contributed by atoms with van der Waals surface area (Å²) in [4.78, 5) is 68.6. The Hall–Kier alpha value is -3.34. The Bertz CT molecular complexity index is 728. The lowest BCUT2D eigenvalue weighted by atomic mass is 9.86. The summed E-state index contributed by atoms with van der Waals surface area (Å²) in [5.74, 6) is -9.38. The van der Waals surface area contributed by atoms with Crippen LogP contribution in [-0.2, 0) is 28.8 Å². The number of nitrogens with one attached hydrogen (secondary N) is 3. The molecule has 9 N–H and O–H groups in total. The fourth-order valence-corrected chi connectivity index (χ4v) is 3.25. The predicted octanol–water partition coefficient (Wildman–Crippen LogP) is -3.16. The van der Waals surface area contributed by atoms with E-state index in [1.54, 1.807) is 0 Å². The molecule has 0 amide bonds. The van der Waals surface area contributed by atoms with Gasteiger partial charge in [-0.05, 0) is 0 Å². The minimum Gasteiger partial charge on any atom is -0.481 e.